The van der Waals surface area contributed by atoms with Crippen LogP contribution in [0.3, 0.4) is 0 Å². The van der Waals surface area contributed by atoms with Gasteiger partial charge >= 0.3 is 0 Å². The van der Waals surface area contributed by atoms with Gasteiger partial charge in [-0.05, 0) is 32.0 Å². The Kier molecular flexibility index (Phi) is 6.41. The van der Waals surface area contributed by atoms with Gasteiger partial charge in [-0.25, -0.2) is 0 Å². The van der Waals surface area contributed by atoms with Crippen molar-refractivity contribution in [2.45, 2.75) is 32.0 Å². The molecule has 0 aromatic heterocycles. The van der Waals surface area contributed by atoms with Crippen LogP contribution in [0.5, 0.6) is 0 Å². The third kappa shape index (κ3) is 4.31. The van der Waals surface area contributed by atoms with Crippen molar-refractivity contribution in [3.8, 4) is 0 Å². The minimum absolute atomic E-state index is 0. The fourth-order valence-corrected chi connectivity index (χ4v) is 2.45. The van der Waals surface area contributed by atoms with Gasteiger partial charge < -0.3 is 5.11 Å². The lowest BCUT2D eigenvalue weighted by molar-refractivity contribution is -0.0252. The molecule has 2 rings (SSSR count). The molecule has 0 amide bonds. The van der Waals surface area contributed by atoms with Crippen LogP contribution in [0, 0.1) is 0 Å². The van der Waals surface area contributed by atoms with Crippen LogP contribution in [-0.2, 0) is 12.1 Å². The molecule has 2 nitrogen and oxygen atoms in total. The molecule has 0 radical (unpaired) electrons. The summed E-state index contributed by atoms with van der Waals surface area (Å²) in [4.78, 5) is 2.18. The number of halogens is 1. The molecular weight excluding hydrogens is 282 g/mol. The maximum atomic E-state index is 10.9. The van der Waals surface area contributed by atoms with Crippen molar-refractivity contribution in [3.63, 3.8) is 0 Å². The van der Waals surface area contributed by atoms with Crippen molar-refractivity contribution < 1.29 is 5.11 Å². The smallest absolute Gasteiger partial charge is 0.102 e. The standard InChI is InChI=1S/C18H23NO.ClH/c1-15(18(2,20)17-12-8-5-9-13-17)19(3)14-16-10-6-4-7-11-16;/h4-13,15,20H,14H2,1-3H3;1H. The van der Waals surface area contributed by atoms with E-state index in [0.717, 1.165) is 12.1 Å². The topological polar surface area (TPSA) is 23.5 Å². The minimum atomic E-state index is -0.870. The maximum absolute atomic E-state index is 10.9. The van der Waals surface area contributed by atoms with Gasteiger partial charge in [-0.3, -0.25) is 4.90 Å². The highest BCUT2D eigenvalue weighted by molar-refractivity contribution is 5.85. The lowest BCUT2D eigenvalue weighted by Crippen LogP contribution is -2.45. The fourth-order valence-electron chi connectivity index (χ4n) is 2.45. The number of aliphatic hydroxyl groups is 1. The van der Waals surface area contributed by atoms with Gasteiger partial charge in [-0.2, -0.15) is 0 Å². The van der Waals surface area contributed by atoms with Crippen LogP contribution >= 0.6 is 12.4 Å². The number of rotatable bonds is 5. The molecule has 0 heterocycles. The van der Waals surface area contributed by atoms with Gasteiger partial charge in [-0.1, -0.05) is 60.7 Å². The first-order valence-electron chi connectivity index (χ1n) is 7.04. The number of hydrogen-bond acceptors (Lipinski definition) is 2. The van der Waals surface area contributed by atoms with Crippen molar-refractivity contribution in [3.05, 3.63) is 71.8 Å². The predicted molar refractivity (Wildman–Crippen MR) is 90.6 cm³/mol. The Morgan fingerprint density at radius 2 is 1.48 bits per heavy atom. The Labute approximate surface area is 133 Å². The van der Waals surface area contributed by atoms with E-state index in [4.69, 9.17) is 0 Å². The van der Waals surface area contributed by atoms with Gasteiger partial charge in [0, 0.05) is 12.6 Å². The van der Waals surface area contributed by atoms with E-state index in [9.17, 15) is 5.11 Å². The molecule has 0 aliphatic rings. The lowest BCUT2D eigenvalue weighted by Gasteiger charge is -2.37. The van der Waals surface area contributed by atoms with E-state index in [0.29, 0.717) is 0 Å². The van der Waals surface area contributed by atoms with E-state index in [1.807, 2.05) is 55.5 Å². The number of hydrogen-bond donors (Lipinski definition) is 1. The minimum Gasteiger partial charge on any atom is -0.384 e. The van der Waals surface area contributed by atoms with Gasteiger partial charge in [0.05, 0.1) is 0 Å². The summed E-state index contributed by atoms with van der Waals surface area (Å²) in [6.07, 6.45) is 0. The summed E-state index contributed by atoms with van der Waals surface area (Å²) in [7, 11) is 2.05. The Morgan fingerprint density at radius 1 is 1.00 bits per heavy atom. The second kappa shape index (κ2) is 7.60. The molecule has 1 N–H and O–H groups in total. The lowest BCUT2D eigenvalue weighted by atomic mass is 9.88. The normalized spacial score (nSPS) is 15.1. The average Bonchev–Trinajstić information content (AvgIpc) is 2.48. The number of benzene rings is 2. The molecular formula is C18H24ClNO. The van der Waals surface area contributed by atoms with Gasteiger partial charge in [-0.15, -0.1) is 12.4 Å². The number of nitrogens with zero attached hydrogens (tertiary/aromatic N) is 1. The first-order chi connectivity index (χ1) is 9.51. The van der Waals surface area contributed by atoms with E-state index in [1.54, 1.807) is 0 Å². The molecule has 0 bridgehead atoms. The van der Waals surface area contributed by atoms with Crippen LogP contribution in [0.25, 0.3) is 0 Å². The first kappa shape index (κ1) is 17.7. The zero-order chi connectivity index (χ0) is 14.6. The SMILES string of the molecule is CC(N(C)Cc1ccccc1)C(C)(O)c1ccccc1.Cl. The quantitative estimate of drug-likeness (QED) is 0.907. The molecule has 2 aromatic carbocycles. The summed E-state index contributed by atoms with van der Waals surface area (Å²) in [6.45, 7) is 4.77. The number of likely N-dealkylation sites (N-methyl/N-ethyl adjacent to an activating group) is 1. The summed E-state index contributed by atoms with van der Waals surface area (Å²) >= 11 is 0. The highest BCUT2D eigenvalue weighted by Gasteiger charge is 2.32. The molecule has 0 spiro atoms. The third-order valence-corrected chi connectivity index (χ3v) is 4.11. The molecule has 3 heteroatoms. The zero-order valence-electron chi connectivity index (χ0n) is 12.9. The molecule has 114 valence electrons. The van der Waals surface area contributed by atoms with Gasteiger partial charge in [0.15, 0.2) is 0 Å². The molecule has 0 saturated heterocycles. The second-order valence-electron chi connectivity index (χ2n) is 5.59. The second-order valence-corrected chi connectivity index (χ2v) is 5.59. The molecule has 2 atom stereocenters. The van der Waals surface area contributed by atoms with Crippen molar-refractivity contribution in [2.24, 2.45) is 0 Å². The highest BCUT2D eigenvalue weighted by Crippen LogP contribution is 2.27. The summed E-state index contributed by atoms with van der Waals surface area (Å²) in [6, 6.07) is 20.2. The molecule has 2 aromatic rings. The van der Waals surface area contributed by atoms with Crippen molar-refractivity contribution >= 4 is 12.4 Å². The Balaban J connectivity index is 0.00000220. The predicted octanol–water partition coefficient (Wildman–Crippen LogP) is 3.84. The van der Waals surface area contributed by atoms with Gasteiger partial charge in [0.25, 0.3) is 0 Å². The average molecular weight is 306 g/mol. The molecule has 2 unspecified atom stereocenters. The highest BCUT2D eigenvalue weighted by atomic mass is 35.5. The molecule has 0 aliphatic carbocycles. The van der Waals surface area contributed by atoms with Crippen molar-refractivity contribution in [2.75, 3.05) is 7.05 Å². The first-order valence-corrected chi connectivity index (χ1v) is 7.04. The molecule has 21 heavy (non-hydrogen) atoms. The van der Waals surface area contributed by atoms with Crippen LogP contribution < -0.4 is 0 Å². The van der Waals surface area contributed by atoms with E-state index < -0.39 is 5.60 Å². The van der Waals surface area contributed by atoms with Crippen LogP contribution in [0.4, 0.5) is 0 Å². The molecule has 0 fully saturated rings. The van der Waals surface area contributed by atoms with Gasteiger partial charge in [0.2, 0.25) is 0 Å². The summed E-state index contributed by atoms with van der Waals surface area (Å²) < 4.78 is 0. The van der Waals surface area contributed by atoms with E-state index in [2.05, 4.69) is 31.0 Å². The van der Waals surface area contributed by atoms with E-state index in [-0.39, 0.29) is 18.4 Å². The monoisotopic (exact) mass is 305 g/mol. The van der Waals surface area contributed by atoms with Crippen LogP contribution in [0.1, 0.15) is 25.0 Å². The summed E-state index contributed by atoms with van der Waals surface area (Å²) in [5.74, 6) is 0. The Morgan fingerprint density at radius 3 is 2.00 bits per heavy atom. The third-order valence-electron chi connectivity index (χ3n) is 4.11. The maximum Gasteiger partial charge on any atom is 0.102 e. The van der Waals surface area contributed by atoms with E-state index >= 15 is 0 Å². The van der Waals surface area contributed by atoms with Crippen LogP contribution in [0.15, 0.2) is 60.7 Å². The van der Waals surface area contributed by atoms with Crippen LogP contribution in [0.2, 0.25) is 0 Å². The van der Waals surface area contributed by atoms with E-state index in [1.165, 1.54) is 5.56 Å². The summed E-state index contributed by atoms with van der Waals surface area (Å²) in [5, 5.41) is 10.9. The Hall–Kier alpha value is -1.35. The summed E-state index contributed by atoms with van der Waals surface area (Å²) in [5.41, 5.74) is 1.34. The molecule has 0 saturated carbocycles. The largest absolute Gasteiger partial charge is 0.384 e. The van der Waals surface area contributed by atoms with Gasteiger partial charge in [0.1, 0.15) is 5.60 Å². The van der Waals surface area contributed by atoms with Crippen molar-refractivity contribution in [1.82, 2.24) is 4.90 Å². The fraction of sp³-hybridized carbons (Fsp3) is 0.333. The Bertz CT molecular complexity index is 527. The van der Waals surface area contributed by atoms with Crippen LogP contribution in [-0.4, -0.2) is 23.1 Å². The zero-order valence-corrected chi connectivity index (χ0v) is 13.7. The van der Waals surface area contributed by atoms with Crippen molar-refractivity contribution in [1.29, 1.82) is 0 Å². The molecule has 0 aliphatic heterocycles.